The zero-order chi connectivity index (χ0) is 25.9. The third-order valence-corrected chi connectivity index (χ3v) is 5.92. The van der Waals surface area contributed by atoms with Crippen LogP contribution in [0.5, 0.6) is 11.5 Å². The Hall–Kier alpha value is -4.40. The van der Waals surface area contributed by atoms with Gasteiger partial charge in [0.1, 0.15) is 5.82 Å². The number of nitrogens with zero attached hydrogens (tertiary/aromatic N) is 1. The summed E-state index contributed by atoms with van der Waals surface area (Å²) < 4.78 is 23.9. The fraction of sp³-hybridized carbons (Fsp3) is 0.222. The number of H-pyrrole nitrogens is 1. The van der Waals surface area contributed by atoms with Gasteiger partial charge in [0.05, 0.1) is 25.3 Å². The van der Waals surface area contributed by atoms with Gasteiger partial charge < -0.3 is 25.1 Å². The first kappa shape index (κ1) is 24.7. The number of hydrogen-bond acceptors (Lipinski definition) is 5. The Labute approximate surface area is 207 Å². The lowest BCUT2D eigenvalue weighted by Gasteiger charge is -2.25. The van der Waals surface area contributed by atoms with E-state index in [1.54, 1.807) is 18.2 Å². The van der Waals surface area contributed by atoms with Crippen molar-refractivity contribution in [3.05, 3.63) is 83.4 Å². The molecule has 2 amide bonds. The number of carbonyl (C=O) groups is 2. The Bertz CT molecular complexity index is 1410. The molecule has 186 valence electrons. The molecule has 0 saturated carbocycles. The van der Waals surface area contributed by atoms with E-state index in [0.29, 0.717) is 40.3 Å². The Balaban J connectivity index is 1.39. The first-order chi connectivity index (χ1) is 17.2. The molecule has 0 bridgehead atoms. The monoisotopic (exact) mass is 490 g/mol. The number of benzene rings is 3. The summed E-state index contributed by atoms with van der Waals surface area (Å²) >= 11 is 0. The van der Waals surface area contributed by atoms with Crippen LogP contribution >= 0.6 is 0 Å². The minimum atomic E-state index is -0.403. The molecule has 1 heterocycles. The van der Waals surface area contributed by atoms with Crippen molar-refractivity contribution in [2.75, 3.05) is 26.1 Å². The molecule has 0 atom stereocenters. The van der Waals surface area contributed by atoms with Crippen LogP contribution in [0.3, 0.4) is 0 Å². The summed E-state index contributed by atoms with van der Waals surface area (Å²) in [6, 6.07) is 16.5. The quantitative estimate of drug-likeness (QED) is 0.333. The first-order valence-corrected chi connectivity index (χ1v) is 11.3. The summed E-state index contributed by atoms with van der Waals surface area (Å²) in [5.41, 5.74) is 2.62. The molecule has 4 rings (SSSR count). The number of ether oxygens (including phenoxy) is 2. The van der Waals surface area contributed by atoms with E-state index >= 15 is 0 Å². The zero-order valence-electron chi connectivity index (χ0n) is 20.4. The average molecular weight is 491 g/mol. The van der Waals surface area contributed by atoms with Crippen LogP contribution in [0.2, 0.25) is 0 Å². The minimum absolute atomic E-state index is 0.125. The van der Waals surface area contributed by atoms with Crippen LogP contribution in [0.4, 0.5) is 10.1 Å². The third-order valence-electron chi connectivity index (χ3n) is 5.92. The highest BCUT2D eigenvalue weighted by Crippen LogP contribution is 2.28. The van der Waals surface area contributed by atoms with E-state index in [2.05, 4.69) is 20.6 Å². The molecule has 3 aromatic carbocycles. The molecule has 0 saturated heterocycles. The van der Waals surface area contributed by atoms with Crippen molar-refractivity contribution in [3.8, 4) is 11.5 Å². The number of hydrogen-bond donors (Lipinski definition) is 3. The Morgan fingerprint density at radius 3 is 2.36 bits per heavy atom. The number of methoxy groups -OCH3 is 2. The predicted octanol–water partition coefficient (Wildman–Crippen LogP) is 4.68. The van der Waals surface area contributed by atoms with E-state index in [0.717, 1.165) is 5.56 Å². The van der Waals surface area contributed by atoms with E-state index in [9.17, 15) is 14.0 Å². The highest BCUT2D eigenvalue weighted by atomic mass is 19.1. The van der Waals surface area contributed by atoms with Gasteiger partial charge in [-0.05, 0) is 54.1 Å². The minimum Gasteiger partial charge on any atom is -0.493 e. The highest BCUT2D eigenvalue weighted by Gasteiger charge is 2.23. The van der Waals surface area contributed by atoms with Crippen LogP contribution < -0.4 is 20.1 Å². The second-order valence-corrected chi connectivity index (χ2v) is 8.91. The van der Waals surface area contributed by atoms with E-state index in [-0.39, 0.29) is 17.6 Å². The molecule has 9 heteroatoms. The smallest absolute Gasteiger partial charge is 0.287 e. The van der Waals surface area contributed by atoms with Gasteiger partial charge in [-0.3, -0.25) is 9.59 Å². The van der Waals surface area contributed by atoms with E-state index in [1.165, 1.54) is 32.4 Å². The maximum Gasteiger partial charge on any atom is 0.287 e. The molecule has 0 spiro atoms. The van der Waals surface area contributed by atoms with Crippen LogP contribution in [-0.4, -0.2) is 42.5 Å². The van der Waals surface area contributed by atoms with Crippen molar-refractivity contribution in [2.24, 2.45) is 0 Å². The Morgan fingerprint density at radius 2 is 1.67 bits per heavy atom. The van der Waals surface area contributed by atoms with Gasteiger partial charge in [0, 0.05) is 23.2 Å². The van der Waals surface area contributed by atoms with E-state index in [4.69, 9.17) is 9.47 Å². The number of halogens is 1. The standard InChI is InChI=1S/C27H27FN4O4/c1-27(2,15-29-26(34)24-31-20-11-8-18(28)14-21(20)32-24)17-6-9-19(10-7-17)30-25(33)16-5-12-22(35-3)23(13-16)36-4/h5-14H,15H2,1-4H3,(H,29,34)(H,30,33)(H,31,32). The number of anilines is 1. The molecule has 0 fully saturated rings. The summed E-state index contributed by atoms with van der Waals surface area (Å²) in [5, 5.41) is 5.75. The third kappa shape index (κ3) is 5.30. The molecule has 1 aromatic heterocycles. The van der Waals surface area contributed by atoms with Crippen LogP contribution in [0.1, 0.15) is 40.4 Å². The lowest BCUT2D eigenvalue weighted by molar-refractivity contribution is 0.0936. The van der Waals surface area contributed by atoms with Crippen LogP contribution in [0.15, 0.2) is 60.7 Å². The van der Waals surface area contributed by atoms with Gasteiger partial charge in [-0.25, -0.2) is 9.37 Å². The molecule has 0 radical (unpaired) electrons. The SMILES string of the molecule is COc1ccc(C(=O)Nc2ccc(C(C)(C)CNC(=O)c3nc4ccc(F)cc4[nH]3)cc2)cc1OC. The van der Waals surface area contributed by atoms with Crippen LogP contribution in [0.25, 0.3) is 11.0 Å². The molecule has 0 unspecified atom stereocenters. The number of imidazole rings is 1. The Morgan fingerprint density at radius 1 is 0.944 bits per heavy atom. The fourth-order valence-electron chi connectivity index (χ4n) is 3.76. The van der Waals surface area contributed by atoms with Crippen molar-refractivity contribution in [1.82, 2.24) is 15.3 Å². The maximum absolute atomic E-state index is 13.4. The average Bonchev–Trinajstić information content (AvgIpc) is 3.30. The lowest BCUT2D eigenvalue weighted by atomic mass is 9.84. The largest absolute Gasteiger partial charge is 0.493 e. The molecule has 0 aliphatic carbocycles. The van der Waals surface area contributed by atoms with E-state index < -0.39 is 11.2 Å². The first-order valence-electron chi connectivity index (χ1n) is 11.3. The van der Waals surface area contributed by atoms with Crippen molar-refractivity contribution in [3.63, 3.8) is 0 Å². The Kier molecular flexibility index (Phi) is 6.91. The number of carbonyl (C=O) groups excluding carboxylic acids is 2. The number of fused-ring (bicyclic) bond motifs is 1. The van der Waals surface area contributed by atoms with E-state index in [1.807, 2.05) is 38.1 Å². The number of aromatic amines is 1. The van der Waals surface area contributed by atoms with Gasteiger partial charge in [-0.2, -0.15) is 0 Å². The second-order valence-electron chi connectivity index (χ2n) is 8.91. The van der Waals surface area contributed by atoms with Gasteiger partial charge >= 0.3 is 0 Å². The molecule has 0 aliphatic rings. The summed E-state index contributed by atoms with van der Waals surface area (Å²) in [4.78, 5) is 32.4. The number of nitrogens with one attached hydrogen (secondary N) is 3. The molecule has 4 aromatic rings. The van der Waals surface area contributed by atoms with Crippen molar-refractivity contribution in [2.45, 2.75) is 19.3 Å². The molecular weight excluding hydrogens is 463 g/mol. The van der Waals surface area contributed by atoms with Crippen LogP contribution in [-0.2, 0) is 5.41 Å². The maximum atomic E-state index is 13.4. The molecule has 8 nitrogen and oxygen atoms in total. The summed E-state index contributed by atoms with van der Waals surface area (Å²) in [5.74, 6) is 0.0858. The zero-order valence-corrected chi connectivity index (χ0v) is 20.4. The summed E-state index contributed by atoms with van der Waals surface area (Å²) in [7, 11) is 3.05. The van der Waals surface area contributed by atoms with Crippen LogP contribution in [0, 0.1) is 5.82 Å². The second kappa shape index (κ2) is 10.1. The fourth-order valence-corrected chi connectivity index (χ4v) is 3.76. The van der Waals surface area contributed by atoms with Gasteiger partial charge in [-0.15, -0.1) is 0 Å². The molecule has 36 heavy (non-hydrogen) atoms. The molecule has 0 aliphatic heterocycles. The van der Waals surface area contributed by atoms with Crippen molar-refractivity contribution >= 4 is 28.5 Å². The molecular formula is C27H27FN4O4. The molecule has 3 N–H and O–H groups in total. The van der Waals surface area contributed by atoms with Crippen molar-refractivity contribution < 1.29 is 23.5 Å². The number of rotatable bonds is 8. The predicted molar refractivity (Wildman–Crippen MR) is 135 cm³/mol. The van der Waals surface area contributed by atoms with Gasteiger partial charge in [0.25, 0.3) is 11.8 Å². The summed E-state index contributed by atoms with van der Waals surface area (Å²) in [6.45, 7) is 4.34. The van der Waals surface area contributed by atoms with Crippen molar-refractivity contribution in [1.29, 1.82) is 0 Å². The topological polar surface area (TPSA) is 105 Å². The van der Waals surface area contributed by atoms with Gasteiger partial charge in [0.15, 0.2) is 17.3 Å². The number of aromatic nitrogens is 2. The summed E-state index contributed by atoms with van der Waals surface area (Å²) in [6.07, 6.45) is 0. The van der Waals surface area contributed by atoms with Gasteiger partial charge in [0.2, 0.25) is 0 Å². The highest BCUT2D eigenvalue weighted by molar-refractivity contribution is 6.04. The van der Waals surface area contributed by atoms with Gasteiger partial charge in [-0.1, -0.05) is 26.0 Å². The lowest BCUT2D eigenvalue weighted by Crippen LogP contribution is -2.37. The normalized spacial score (nSPS) is 11.2. The number of amides is 2.